The molecule has 78 valence electrons. The van der Waals surface area contributed by atoms with Crippen LogP contribution in [-0.4, -0.2) is 17.6 Å². The van der Waals surface area contributed by atoms with Crippen molar-refractivity contribution in [3.8, 4) is 0 Å². The summed E-state index contributed by atoms with van der Waals surface area (Å²) in [7, 11) is 0. The molecule has 0 aliphatic carbocycles. The average molecular weight is 192 g/mol. The zero-order valence-electron chi connectivity index (χ0n) is 8.48. The Morgan fingerprint density at radius 2 is 1.92 bits per heavy atom. The summed E-state index contributed by atoms with van der Waals surface area (Å²) in [6.45, 7) is 4.59. The van der Waals surface area contributed by atoms with E-state index in [1.807, 2.05) is 0 Å². The third kappa shape index (κ3) is 2.76. The zero-order chi connectivity index (χ0) is 10.5. The molecule has 3 heteroatoms. The Bertz CT molecular complexity index is 178. The monoisotopic (exact) mass is 192 g/mol. The van der Waals surface area contributed by atoms with Gasteiger partial charge in [0.25, 0.3) is 5.92 Å². The van der Waals surface area contributed by atoms with Gasteiger partial charge in [0.1, 0.15) is 0 Å². The van der Waals surface area contributed by atoms with Gasteiger partial charge < -0.3 is 5.11 Å². The fourth-order valence-corrected chi connectivity index (χ4v) is 1.24. The van der Waals surface area contributed by atoms with Crippen molar-refractivity contribution in [1.82, 2.24) is 0 Å². The second-order valence-corrected chi connectivity index (χ2v) is 3.51. The van der Waals surface area contributed by atoms with E-state index in [-0.39, 0.29) is 13.0 Å². The topological polar surface area (TPSA) is 20.2 Å². The van der Waals surface area contributed by atoms with E-state index in [4.69, 9.17) is 5.11 Å². The van der Waals surface area contributed by atoms with Crippen LogP contribution in [0.15, 0.2) is 12.2 Å². The van der Waals surface area contributed by atoms with Gasteiger partial charge in [-0.2, -0.15) is 0 Å². The molecular formula is C10H18F2O. The first kappa shape index (κ1) is 12.6. The molecule has 1 N–H and O–H groups in total. The fraction of sp³-hybridized carbons (Fsp3) is 0.800. The summed E-state index contributed by atoms with van der Waals surface area (Å²) in [4.78, 5) is 0. The highest BCUT2D eigenvalue weighted by molar-refractivity contribution is 5.02. The van der Waals surface area contributed by atoms with Crippen molar-refractivity contribution in [1.29, 1.82) is 0 Å². The minimum atomic E-state index is -2.83. The molecule has 0 aliphatic heterocycles. The molecule has 0 aromatic heterocycles. The van der Waals surface area contributed by atoms with Gasteiger partial charge in [-0.05, 0) is 25.8 Å². The summed E-state index contributed by atoms with van der Waals surface area (Å²) in [6, 6.07) is 0. The Morgan fingerprint density at radius 3 is 2.23 bits per heavy atom. The second kappa shape index (κ2) is 4.70. The van der Waals surface area contributed by atoms with Crippen LogP contribution in [0.25, 0.3) is 0 Å². The van der Waals surface area contributed by atoms with Gasteiger partial charge >= 0.3 is 0 Å². The molecule has 0 bridgehead atoms. The molecule has 0 aromatic carbocycles. The number of hydrogen-bond acceptors (Lipinski definition) is 1. The first-order valence-corrected chi connectivity index (χ1v) is 4.56. The molecule has 1 nitrogen and oxygen atoms in total. The van der Waals surface area contributed by atoms with Gasteiger partial charge in [0.05, 0.1) is 0 Å². The van der Waals surface area contributed by atoms with E-state index in [9.17, 15) is 8.78 Å². The molecule has 0 aliphatic rings. The highest BCUT2D eigenvalue weighted by atomic mass is 19.3. The molecule has 0 saturated carbocycles. The van der Waals surface area contributed by atoms with Crippen molar-refractivity contribution in [2.24, 2.45) is 5.41 Å². The van der Waals surface area contributed by atoms with E-state index in [1.165, 1.54) is 13.0 Å². The van der Waals surface area contributed by atoms with E-state index in [0.717, 1.165) is 6.08 Å². The van der Waals surface area contributed by atoms with E-state index >= 15 is 0 Å². The normalized spacial score (nSPS) is 17.7. The molecule has 1 unspecified atom stereocenters. The van der Waals surface area contributed by atoms with E-state index in [1.54, 1.807) is 13.8 Å². The molecular weight excluding hydrogens is 174 g/mol. The number of hydrogen-bond donors (Lipinski definition) is 1. The molecule has 0 fully saturated rings. The first-order valence-electron chi connectivity index (χ1n) is 4.56. The maximum absolute atomic E-state index is 13.5. The molecule has 0 aromatic rings. The number of aliphatic hydroxyl groups excluding tert-OH is 1. The van der Waals surface area contributed by atoms with Crippen LogP contribution < -0.4 is 0 Å². The second-order valence-electron chi connectivity index (χ2n) is 3.51. The molecule has 0 heterocycles. The highest BCUT2D eigenvalue weighted by Crippen LogP contribution is 2.43. The van der Waals surface area contributed by atoms with Gasteiger partial charge in [0.2, 0.25) is 0 Å². The number of aliphatic hydroxyl groups is 1. The van der Waals surface area contributed by atoms with Crippen molar-refractivity contribution < 1.29 is 13.9 Å². The van der Waals surface area contributed by atoms with Gasteiger partial charge in [-0.3, -0.25) is 0 Å². The Hall–Kier alpha value is -0.440. The molecule has 1 atom stereocenters. The Morgan fingerprint density at radius 1 is 1.38 bits per heavy atom. The Labute approximate surface area is 78.5 Å². The lowest BCUT2D eigenvalue weighted by Gasteiger charge is -2.34. The van der Waals surface area contributed by atoms with Crippen molar-refractivity contribution >= 4 is 0 Å². The van der Waals surface area contributed by atoms with Crippen molar-refractivity contribution in [2.75, 3.05) is 6.61 Å². The van der Waals surface area contributed by atoms with Crippen LogP contribution >= 0.6 is 0 Å². The number of rotatable bonds is 5. The van der Waals surface area contributed by atoms with Crippen molar-refractivity contribution in [3.63, 3.8) is 0 Å². The lowest BCUT2D eigenvalue weighted by Crippen LogP contribution is -2.37. The minimum Gasteiger partial charge on any atom is -0.396 e. The van der Waals surface area contributed by atoms with E-state index in [0.29, 0.717) is 6.42 Å². The summed E-state index contributed by atoms with van der Waals surface area (Å²) < 4.78 is 26.9. The van der Waals surface area contributed by atoms with Gasteiger partial charge in [-0.25, -0.2) is 8.78 Å². The van der Waals surface area contributed by atoms with E-state index in [2.05, 4.69) is 0 Å². The molecule has 0 radical (unpaired) electrons. The average Bonchev–Trinajstić information content (AvgIpc) is 2.04. The third-order valence-electron chi connectivity index (χ3n) is 2.62. The van der Waals surface area contributed by atoms with Gasteiger partial charge in [-0.1, -0.05) is 19.9 Å². The first-order chi connectivity index (χ1) is 5.93. The number of halogens is 2. The maximum atomic E-state index is 13.5. The predicted octanol–water partition coefficient (Wildman–Crippen LogP) is 3.00. The molecule has 0 amide bonds. The number of allylic oxidation sites excluding steroid dienone is 2. The van der Waals surface area contributed by atoms with Crippen LogP contribution in [0.4, 0.5) is 8.78 Å². The highest BCUT2D eigenvalue weighted by Gasteiger charge is 2.45. The van der Waals surface area contributed by atoms with Crippen LogP contribution in [0.5, 0.6) is 0 Å². The third-order valence-corrected chi connectivity index (χ3v) is 2.62. The van der Waals surface area contributed by atoms with Gasteiger partial charge in [0, 0.05) is 12.0 Å². The SMILES string of the molecule is C/C=C\C(F)(F)C(C)(CC)CCO. The molecule has 0 spiro atoms. The quantitative estimate of drug-likeness (QED) is 0.664. The van der Waals surface area contributed by atoms with Crippen molar-refractivity contribution in [2.45, 2.75) is 39.5 Å². The predicted molar refractivity (Wildman–Crippen MR) is 49.9 cm³/mol. The summed E-state index contributed by atoms with van der Waals surface area (Å²) >= 11 is 0. The summed E-state index contributed by atoms with van der Waals surface area (Å²) in [5.41, 5.74) is -1.13. The van der Waals surface area contributed by atoms with Crippen LogP contribution in [0, 0.1) is 5.41 Å². The van der Waals surface area contributed by atoms with Gasteiger partial charge in [-0.15, -0.1) is 0 Å². The largest absolute Gasteiger partial charge is 0.396 e. The van der Waals surface area contributed by atoms with Crippen LogP contribution in [0.1, 0.15) is 33.6 Å². The summed E-state index contributed by atoms with van der Waals surface area (Å²) in [5.74, 6) is -2.83. The van der Waals surface area contributed by atoms with Gasteiger partial charge in [0.15, 0.2) is 0 Å². The lowest BCUT2D eigenvalue weighted by atomic mass is 9.77. The smallest absolute Gasteiger partial charge is 0.271 e. The lowest BCUT2D eigenvalue weighted by molar-refractivity contribution is -0.0832. The van der Waals surface area contributed by atoms with Crippen LogP contribution in [0.2, 0.25) is 0 Å². The summed E-state index contributed by atoms with van der Waals surface area (Å²) in [5, 5.41) is 8.71. The van der Waals surface area contributed by atoms with Crippen LogP contribution in [-0.2, 0) is 0 Å². The zero-order valence-corrected chi connectivity index (χ0v) is 8.48. The van der Waals surface area contributed by atoms with Crippen LogP contribution in [0.3, 0.4) is 0 Å². The molecule has 0 rings (SSSR count). The Kier molecular flexibility index (Phi) is 4.54. The molecule has 0 saturated heterocycles. The Balaban J connectivity index is 4.71. The standard InChI is InChI=1S/C10H18F2O/c1-4-6-10(11,12)9(3,5-2)7-8-13/h4,6,13H,5,7-8H2,1-3H3/b6-4-. The summed E-state index contributed by atoms with van der Waals surface area (Å²) in [6.07, 6.45) is 2.74. The van der Waals surface area contributed by atoms with E-state index < -0.39 is 11.3 Å². The number of alkyl halides is 2. The minimum absolute atomic E-state index is 0.126. The fourth-order valence-electron chi connectivity index (χ4n) is 1.24. The van der Waals surface area contributed by atoms with Crippen molar-refractivity contribution in [3.05, 3.63) is 12.2 Å². The molecule has 13 heavy (non-hydrogen) atoms. The maximum Gasteiger partial charge on any atom is 0.271 e.